The number of aliphatic hydroxyl groups excluding tert-OH is 2. The molecule has 0 spiro atoms. The van der Waals surface area contributed by atoms with Gasteiger partial charge < -0.3 is 20.4 Å². The van der Waals surface area contributed by atoms with E-state index in [1.807, 2.05) is 6.07 Å². The van der Waals surface area contributed by atoms with Crippen LogP contribution in [0, 0.1) is 0 Å². The maximum Gasteiger partial charge on any atom is 0.262 e. The molecule has 1 fully saturated rings. The highest BCUT2D eigenvalue weighted by Crippen LogP contribution is 2.34. The first kappa shape index (κ1) is 22.4. The Bertz CT molecular complexity index is 982. The lowest BCUT2D eigenvalue weighted by atomic mass is 9.86. The van der Waals surface area contributed by atoms with Gasteiger partial charge in [-0.15, -0.1) is 11.3 Å². The van der Waals surface area contributed by atoms with Crippen molar-refractivity contribution in [3.63, 3.8) is 0 Å². The topological polar surface area (TPSA) is 89.9 Å². The molecule has 2 aliphatic rings. The Morgan fingerprint density at radius 2 is 1.81 bits per heavy atom. The van der Waals surface area contributed by atoms with Crippen LogP contribution in [0.3, 0.4) is 0 Å². The number of rotatable bonds is 5. The number of amides is 1. The zero-order valence-electron chi connectivity index (χ0n) is 17.4. The van der Waals surface area contributed by atoms with Gasteiger partial charge in [-0.3, -0.25) is 9.59 Å². The summed E-state index contributed by atoms with van der Waals surface area (Å²) < 4.78 is 0.479. The molecular weight excluding hydrogens is 436 g/mol. The number of thiophene rings is 1. The van der Waals surface area contributed by atoms with Crippen molar-refractivity contribution >= 4 is 34.6 Å². The van der Waals surface area contributed by atoms with Crippen molar-refractivity contribution in [2.75, 3.05) is 20.1 Å². The fourth-order valence-corrected chi connectivity index (χ4v) is 5.48. The number of Topliss-reactive ketones (excluding diaryl/α,β-unsaturated/α-hetero) is 1. The summed E-state index contributed by atoms with van der Waals surface area (Å²) in [5.41, 5.74) is 2.15. The number of nitrogens with one attached hydrogen (secondary N) is 1. The summed E-state index contributed by atoms with van der Waals surface area (Å²) in [5, 5.41) is 23.2. The highest BCUT2D eigenvalue weighted by atomic mass is 35.5. The number of hydrogen-bond acceptors (Lipinski definition) is 6. The molecule has 1 aliphatic carbocycles. The summed E-state index contributed by atoms with van der Waals surface area (Å²) in [6, 6.07) is 9.38. The highest BCUT2D eigenvalue weighted by Gasteiger charge is 2.50. The molecule has 1 aliphatic heterocycles. The van der Waals surface area contributed by atoms with Gasteiger partial charge in [-0.1, -0.05) is 29.8 Å². The van der Waals surface area contributed by atoms with E-state index in [2.05, 4.69) is 29.4 Å². The van der Waals surface area contributed by atoms with Crippen molar-refractivity contribution in [1.29, 1.82) is 0 Å². The van der Waals surface area contributed by atoms with Crippen LogP contribution in [0.2, 0.25) is 4.34 Å². The third kappa shape index (κ3) is 4.86. The molecule has 1 amide bonds. The van der Waals surface area contributed by atoms with E-state index in [1.165, 1.54) is 11.1 Å². The lowest BCUT2D eigenvalue weighted by Gasteiger charge is -2.29. The molecule has 1 aromatic heterocycles. The zero-order valence-corrected chi connectivity index (χ0v) is 19.0. The first-order valence-corrected chi connectivity index (χ1v) is 11.7. The molecule has 31 heavy (non-hydrogen) atoms. The average molecular weight is 463 g/mol. The largest absolute Gasteiger partial charge is 0.390 e. The van der Waals surface area contributed by atoms with Crippen molar-refractivity contribution in [3.8, 4) is 0 Å². The number of carbonyl (C=O) groups excluding carboxylic acids is 2. The van der Waals surface area contributed by atoms with Crippen LogP contribution in [0.4, 0.5) is 0 Å². The van der Waals surface area contributed by atoms with Crippen molar-refractivity contribution in [2.24, 2.45) is 0 Å². The number of carbonyl (C=O) groups is 2. The van der Waals surface area contributed by atoms with Gasteiger partial charge in [-0.25, -0.2) is 0 Å². The molecule has 2 atom stereocenters. The van der Waals surface area contributed by atoms with E-state index in [9.17, 15) is 19.8 Å². The fourth-order valence-electron chi connectivity index (χ4n) is 4.54. The lowest BCUT2D eigenvalue weighted by Crippen LogP contribution is -2.53. The SMILES string of the molecule is CN1CCc2ccc(CC(=O)C3(NC(=O)c4ccc(Cl)s4)CC(O)C(O)C3)cc2CC1. The summed E-state index contributed by atoms with van der Waals surface area (Å²) in [6.07, 6.45) is -0.0685. The molecular formula is C23H27ClN2O4S. The van der Waals surface area contributed by atoms with Crippen LogP contribution in [-0.2, 0) is 24.1 Å². The Hall–Kier alpha value is -1.77. The lowest BCUT2D eigenvalue weighted by molar-refractivity contribution is -0.124. The minimum atomic E-state index is -1.31. The van der Waals surface area contributed by atoms with E-state index in [1.54, 1.807) is 12.1 Å². The molecule has 166 valence electrons. The quantitative estimate of drug-likeness (QED) is 0.634. The van der Waals surface area contributed by atoms with Gasteiger partial charge in [0.15, 0.2) is 5.78 Å². The third-order valence-corrected chi connectivity index (χ3v) is 7.63. The number of fused-ring (bicyclic) bond motifs is 1. The summed E-state index contributed by atoms with van der Waals surface area (Å²) >= 11 is 7.07. The van der Waals surface area contributed by atoms with Gasteiger partial charge in [0.2, 0.25) is 0 Å². The Morgan fingerprint density at radius 3 is 2.45 bits per heavy atom. The van der Waals surface area contributed by atoms with Gasteiger partial charge in [0.1, 0.15) is 5.54 Å². The Labute approximate surface area is 190 Å². The minimum absolute atomic E-state index is 0.00637. The minimum Gasteiger partial charge on any atom is -0.390 e. The van der Waals surface area contributed by atoms with E-state index >= 15 is 0 Å². The van der Waals surface area contributed by atoms with Gasteiger partial charge in [-0.2, -0.15) is 0 Å². The zero-order chi connectivity index (χ0) is 22.2. The predicted octanol–water partition coefficient (Wildman–Crippen LogP) is 2.23. The van der Waals surface area contributed by atoms with Gasteiger partial charge in [0.25, 0.3) is 5.91 Å². The van der Waals surface area contributed by atoms with E-state index in [4.69, 9.17) is 11.6 Å². The Morgan fingerprint density at radius 1 is 1.13 bits per heavy atom. The van der Waals surface area contributed by atoms with Crippen LogP contribution in [0.1, 0.15) is 39.2 Å². The molecule has 0 bridgehead atoms. The van der Waals surface area contributed by atoms with Crippen LogP contribution in [0.15, 0.2) is 30.3 Å². The molecule has 1 saturated carbocycles. The highest BCUT2D eigenvalue weighted by molar-refractivity contribution is 7.18. The maximum atomic E-state index is 13.4. The first-order chi connectivity index (χ1) is 14.8. The molecule has 3 N–H and O–H groups in total. The smallest absolute Gasteiger partial charge is 0.262 e. The van der Waals surface area contributed by atoms with Crippen molar-refractivity contribution in [1.82, 2.24) is 10.2 Å². The van der Waals surface area contributed by atoms with Gasteiger partial charge in [-0.05, 0) is 48.7 Å². The number of halogens is 1. The summed E-state index contributed by atoms with van der Waals surface area (Å²) in [4.78, 5) is 28.9. The van der Waals surface area contributed by atoms with Crippen molar-refractivity contribution < 1.29 is 19.8 Å². The van der Waals surface area contributed by atoms with E-state index in [0.717, 1.165) is 42.8 Å². The Kier molecular flexibility index (Phi) is 6.51. The second-order valence-corrected chi connectivity index (χ2v) is 10.4. The second-order valence-electron chi connectivity index (χ2n) is 8.69. The maximum absolute atomic E-state index is 13.4. The third-order valence-electron chi connectivity index (χ3n) is 6.40. The number of nitrogens with zero attached hydrogens (tertiary/aromatic N) is 1. The molecule has 6 nitrogen and oxygen atoms in total. The molecule has 2 aromatic rings. The standard InChI is InChI=1S/C23H27ClN2O4S/c1-26-8-6-15-3-2-14(10-16(15)7-9-26)11-20(29)23(12-17(27)18(28)13-23)25-22(30)19-4-5-21(24)31-19/h2-5,10,17-18,27-28H,6-9,11-13H2,1H3,(H,25,30). The first-order valence-electron chi connectivity index (χ1n) is 10.5. The van der Waals surface area contributed by atoms with E-state index in [0.29, 0.717) is 9.21 Å². The Balaban J connectivity index is 1.55. The molecule has 8 heteroatoms. The number of aliphatic hydroxyl groups is 2. The van der Waals surface area contributed by atoms with Crippen molar-refractivity contribution in [2.45, 2.75) is 49.9 Å². The molecule has 2 unspecified atom stereocenters. The predicted molar refractivity (Wildman–Crippen MR) is 121 cm³/mol. The summed E-state index contributed by atoms with van der Waals surface area (Å²) in [5.74, 6) is -0.624. The van der Waals surface area contributed by atoms with Gasteiger partial charge in [0, 0.05) is 32.4 Å². The molecule has 0 saturated heterocycles. The monoisotopic (exact) mass is 462 g/mol. The van der Waals surface area contributed by atoms with Gasteiger partial charge >= 0.3 is 0 Å². The number of likely N-dealkylation sites (N-methyl/N-ethyl adjacent to an activating group) is 1. The fraction of sp³-hybridized carbons (Fsp3) is 0.478. The molecule has 1 aromatic carbocycles. The normalized spacial score (nSPS) is 26.3. The van der Waals surface area contributed by atoms with E-state index in [-0.39, 0.29) is 25.0 Å². The van der Waals surface area contributed by atoms with Crippen molar-refractivity contribution in [3.05, 3.63) is 56.2 Å². The molecule has 4 rings (SSSR count). The van der Waals surface area contributed by atoms with Crippen LogP contribution < -0.4 is 5.32 Å². The summed E-state index contributed by atoms with van der Waals surface area (Å²) in [6.45, 7) is 2.00. The summed E-state index contributed by atoms with van der Waals surface area (Å²) in [7, 11) is 2.11. The molecule has 0 radical (unpaired) electrons. The van der Waals surface area contributed by atoms with Crippen LogP contribution in [0.25, 0.3) is 0 Å². The number of benzene rings is 1. The van der Waals surface area contributed by atoms with Crippen LogP contribution in [-0.4, -0.2) is 64.7 Å². The average Bonchev–Trinajstić information content (AvgIpc) is 3.22. The number of hydrogen-bond donors (Lipinski definition) is 3. The van der Waals surface area contributed by atoms with Crippen LogP contribution >= 0.6 is 22.9 Å². The molecule has 2 heterocycles. The van der Waals surface area contributed by atoms with Gasteiger partial charge in [0.05, 0.1) is 21.4 Å². The number of ketones is 1. The second kappa shape index (κ2) is 9.00. The van der Waals surface area contributed by atoms with E-state index < -0.39 is 23.7 Å². The van der Waals surface area contributed by atoms with Crippen LogP contribution in [0.5, 0.6) is 0 Å².